The number of aryl methyl sites for hydroxylation is 1. The molecule has 2 bridgehead atoms. The number of hydrogen-bond donors (Lipinski definition) is 0. The zero-order chi connectivity index (χ0) is 25.2. The van der Waals surface area contributed by atoms with Gasteiger partial charge in [0.25, 0.3) is 5.91 Å². The van der Waals surface area contributed by atoms with Crippen molar-refractivity contribution in [2.24, 2.45) is 0 Å². The summed E-state index contributed by atoms with van der Waals surface area (Å²) >= 11 is 0. The highest BCUT2D eigenvalue weighted by molar-refractivity contribution is 5.98. The van der Waals surface area contributed by atoms with Gasteiger partial charge in [0.15, 0.2) is 0 Å². The Morgan fingerprint density at radius 1 is 1.00 bits per heavy atom. The van der Waals surface area contributed by atoms with E-state index in [2.05, 4.69) is 20.1 Å². The number of piperidine rings is 1. The van der Waals surface area contributed by atoms with Crippen LogP contribution in [0.5, 0.6) is 0 Å². The summed E-state index contributed by atoms with van der Waals surface area (Å²) in [7, 11) is 0. The number of halogens is 1. The SMILES string of the molecule is CC.Cc1ccc(-n2nccn2)c(C(=O)N2C[C@@H]3CC[C@H]2CCN3c2ncc3cc(F)ccc3n2)c1. The first-order valence-electron chi connectivity index (χ1n) is 12.5. The van der Waals surface area contributed by atoms with Crippen molar-refractivity contribution in [3.63, 3.8) is 0 Å². The number of nitrogens with zero attached hydrogens (tertiary/aromatic N) is 7. The number of carbonyl (C=O) groups excluding carboxylic acids is 1. The average Bonchev–Trinajstić information content (AvgIpc) is 3.29. The molecule has 3 fully saturated rings. The summed E-state index contributed by atoms with van der Waals surface area (Å²) in [6.07, 6.45) is 7.65. The summed E-state index contributed by atoms with van der Waals surface area (Å²) in [5.74, 6) is 0.339. The van der Waals surface area contributed by atoms with E-state index >= 15 is 0 Å². The van der Waals surface area contributed by atoms with Gasteiger partial charge >= 0.3 is 0 Å². The van der Waals surface area contributed by atoms with Crippen molar-refractivity contribution >= 4 is 22.8 Å². The van der Waals surface area contributed by atoms with E-state index in [1.165, 1.54) is 16.9 Å². The molecule has 1 amide bonds. The van der Waals surface area contributed by atoms with E-state index in [4.69, 9.17) is 4.98 Å². The van der Waals surface area contributed by atoms with E-state index < -0.39 is 0 Å². The molecule has 3 saturated heterocycles. The van der Waals surface area contributed by atoms with Gasteiger partial charge in [-0.05, 0) is 56.5 Å². The molecule has 2 atom stereocenters. The zero-order valence-electron chi connectivity index (χ0n) is 20.8. The van der Waals surface area contributed by atoms with Crippen LogP contribution in [0.15, 0.2) is 55.0 Å². The lowest BCUT2D eigenvalue weighted by atomic mass is 9.97. The minimum Gasteiger partial charge on any atom is -0.336 e. The van der Waals surface area contributed by atoms with Crippen molar-refractivity contribution in [2.75, 3.05) is 18.0 Å². The van der Waals surface area contributed by atoms with Gasteiger partial charge in [0.05, 0.1) is 29.2 Å². The number of amides is 1. The highest BCUT2D eigenvalue weighted by Gasteiger charge is 2.39. The molecule has 3 aliphatic heterocycles. The second-order valence-electron chi connectivity index (χ2n) is 9.04. The van der Waals surface area contributed by atoms with Crippen LogP contribution in [-0.4, -0.2) is 60.9 Å². The van der Waals surface area contributed by atoms with Gasteiger partial charge in [-0.2, -0.15) is 15.0 Å². The molecular formula is C27H30FN7O. The van der Waals surface area contributed by atoms with Crippen molar-refractivity contribution in [3.8, 4) is 5.69 Å². The maximum atomic E-state index is 13.8. The van der Waals surface area contributed by atoms with Crippen molar-refractivity contribution < 1.29 is 9.18 Å². The number of rotatable bonds is 3. The largest absolute Gasteiger partial charge is 0.336 e. The number of anilines is 1. The van der Waals surface area contributed by atoms with E-state index in [0.717, 1.165) is 31.4 Å². The maximum Gasteiger partial charge on any atom is 0.256 e. The first kappa shape index (κ1) is 23.8. The molecule has 2 aromatic carbocycles. The van der Waals surface area contributed by atoms with Crippen LogP contribution in [-0.2, 0) is 0 Å². The number of aromatic nitrogens is 5. The summed E-state index contributed by atoms with van der Waals surface area (Å²) in [6, 6.07) is 10.6. The summed E-state index contributed by atoms with van der Waals surface area (Å²) in [5, 5.41) is 9.16. The Labute approximate surface area is 209 Å². The van der Waals surface area contributed by atoms with Gasteiger partial charge in [0, 0.05) is 36.8 Å². The standard InChI is InChI=1S/C25H24FN7O.C2H6/c1-16-2-7-23(33-28-9-10-29-33)21(12-16)24(34)32-15-20-5-4-19(32)8-11-31(20)25-27-14-17-13-18(26)3-6-22(17)30-25;1-2/h2-3,6-7,9-10,12-14,19-20H,4-5,8,11,15H2,1H3;1-2H3/t19-,20-;/m0./s1. The van der Waals surface area contributed by atoms with Crippen molar-refractivity contribution in [1.29, 1.82) is 0 Å². The molecule has 4 aromatic rings. The van der Waals surface area contributed by atoms with E-state index in [9.17, 15) is 9.18 Å². The third-order valence-electron chi connectivity index (χ3n) is 6.89. The second kappa shape index (κ2) is 10.0. The van der Waals surface area contributed by atoms with E-state index in [0.29, 0.717) is 34.6 Å². The van der Waals surface area contributed by atoms with Gasteiger partial charge in [-0.3, -0.25) is 4.79 Å². The number of hydrogen-bond acceptors (Lipinski definition) is 6. The van der Waals surface area contributed by atoms with E-state index in [1.807, 2.05) is 43.9 Å². The van der Waals surface area contributed by atoms with Gasteiger partial charge in [-0.1, -0.05) is 25.5 Å². The Morgan fingerprint density at radius 3 is 2.58 bits per heavy atom. The molecule has 0 saturated carbocycles. The smallest absolute Gasteiger partial charge is 0.256 e. The molecule has 0 N–H and O–H groups in total. The van der Waals surface area contributed by atoms with E-state index in [1.54, 1.807) is 24.7 Å². The van der Waals surface area contributed by atoms with Crippen molar-refractivity contribution in [1.82, 2.24) is 29.9 Å². The first-order chi connectivity index (χ1) is 17.6. The van der Waals surface area contributed by atoms with Crippen LogP contribution in [0.2, 0.25) is 0 Å². The number of carbonyl (C=O) groups is 1. The predicted octanol–water partition coefficient (Wildman–Crippen LogP) is 4.57. The van der Waals surface area contributed by atoms with Crippen LogP contribution in [0.1, 0.15) is 49.0 Å². The quantitative estimate of drug-likeness (QED) is 0.421. The maximum absolute atomic E-state index is 13.8. The third-order valence-corrected chi connectivity index (χ3v) is 6.89. The molecule has 8 nitrogen and oxygen atoms in total. The molecule has 0 spiro atoms. The Morgan fingerprint density at radius 2 is 1.78 bits per heavy atom. The van der Waals surface area contributed by atoms with Crippen LogP contribution in [0.4, 0.5) is 10.3 Å². The van der Waals surface area contributed by atoms with Gasteiger partial charge in [0.1, 0.15) is 5.82 Å². The minimum absolute atomic E-state index is 0.00227. The normalized spacial score (nSPS) is 19.1. The molecule has 36 heavy (non-hydrogen) atoms. The molecule has 0 radical (unpaired) electrons. The van der Waals surface area contributed by atoms with Gasteiger partial charge in [-0.25, -0.2) is 14.4 Å². The van der Waals surface area contributed by atoms with Crippen LogP contribution in [0.25, 0.3) is 16.6 Å². The fourth-order valence-corrected chi connectivity index (χ4v) is 5.17. The highest BCUT2D eigenvalue weighted by Crippen LogP contribution is 2.32. The van der Waals surface area contributed by atoms with Crippen LogP contribution >= 0.6 is 0 Å². The number of fused-ring (bicyclic) bond motifs is 5. The van der Waals surface area contributed by atoms with Crippen molar-refractivity contribution in [2.45, 2.75) is 52.1 Å². The first-order valence-corrected chi connectivity index (χ1v) is 12.5. The van der Waals surface area contributed by atoms with Gasteiger partial charge in [0.2, 0.25) is 5.95 Å². The highest BCUT2D eigenvalue weighted by atomic mass is 19.1. The molecule has 0 aliphatic carbocycles. The Kier molecular flexibility index (Phi) is 6.63. The minimum atomic E-state index is -0.299. The zero-order valence-corrected chi connectivity index (χ0v) is 20.8. The lowest BCUT2D eigenvalue weighted by molar-refractivity contribution is 0.0612. The van der Waals surface area contributed by atoms with E-state index in [-0.39, 0.29) is 23.8 Å². The molecule has 3 aliphatic rings. The molecule has 5 heterocycles. The number of benzene rings is 2. The van der Waals surface area contributed by atoms with Crippen LogP contribution < -0.4 is 4.90 Å². The summed E-state index contributed by atoms with van der Waals surface area (Å²) in [5.41, 5.74) is 3.03. The van der Waals surface area contributed by atoms with Gasteiger partial charge in [-0.15, -0.1) is 0 Å². The Balaban J connectivity index is 0.00000130. The fourth-order valence-electron chi connectivity index (χ4n) is 5.17. The second-order valence-corrected chi connectivity index (χ2v) is 9.04. The average molecular weight is 488 g/mol. The summed E-state index contributed by atoms with van der Waals surface area (Å²) < 4.78 is 13.6. The molecule has 186 valence electrons. The summed E-state index contributed by atoms with van der Waals surface area (Å²) in [4.78, 5) is 28.8. The predicted molar refractivity (Wildman–Crippen MR) is 137 cm³/mol. The Bertz CT molecular complexity index is 1370. The fraction of sp³-hybridized carbons (Fsp3) is 0.370. The third kappa shape index (κ3) is 4.41. The van der Waals surface area contributed by atoms with Gasteiger partial charge < -0.3 is 9.80 Å². The summed E-state index contributed by atoms with van der Waals surface area (Å²) in [6.45, 7) is 7.36. The van der Waals surface area contributed by atoms with Crippen LogP contribution in [0.3, 0.4) is 0 Å². The van der Waals surface area contributed by atoms with Crippen LogP contribution in [0, 0.1) is 12.7 Å². The topological polar surface area (TPSA) is 80.0 Å². The molecule has 7 rings (SSSR count). The molecule has 2 aromatic heterocycles. The molecule has 0 unspecified atom stereocenters. The lowest BCUT2D eigenvalue weighted by Crippen LogP contribution is -2.50. The van der Waals surface area contributed by atoms with Crippen molar-refractivity contribution in [3.05, 3.63) is 71.9 Å². The molecular weight excluding hydrogens is 457 g/mol. The lowest BCUT2D eigenvalue weighted by Gasteiger charge is -2.38. The monoisotopic (exact) mass is 487 g/mol. The molecule has 9 heteroatoms. The Hall–Kier alpha value is -3.88.